The molecule has 0 aliphatic heterocycles. The van der Waals surface area contributed by atoms with Gasteiger partial charge in [0, 0.05) is 6.54 Å². The van der Waals surface area contributed by atoms with Gasteiger partial charge in [0.2, 0.25) is 0 Å². The summed E-state index contributed by atoms with van der Waals surface area (Å²) in [5.41, 5.74) is 9.84. The summed E-state index contributed by atoms with van der Waals surface area (Å²) in [6.45, 7) is 6.68. The van der Waals surface area contributed by atoms with E-state index in [1.165, 1.54) is 21.9 Å². The number of rotatable bonds is 7. The van der Waals surface area contributed by atoms with E-state index in [2.05, 4.69) is 91.6 Å². The molecule has 3 N–H and O–H groups in total. The Balaban J connectivity index is 1.76. The molecule has 3 rings (SSSR count). The molecule has 0 unspecified atom stereocenters. The molecule has 2 nitrogen and oxygen atoms in total. The normalized spacial score (nSPS) is 13.8. The number of nitrogens with one attached hydrogen (secondary N) is 1. The third-order valence-electron chi connectivity index (χ3n) is 4.56. The van der Waals surface area contributed by atoms with Crippen LogP contribution in [-0.4, -0.2) is 6.54 Å². The zero-order chi connectivity index (χ0) is 18.4. The Hall–Kier alpha value is -2.68. The van der Waals surface area contributed by atoms with Crippen molar-refractivity contribution in [2.75, 3.05) is 6.54 Å². The van der Waals surface area contributed by atoms with Crippen molar-refractivity contribution in [3.05, 3.63) is 97.1 Å². The van der Waals surface area contributed by atoms with Gasteiger partial charge in [-0.3, -0.25) is 5.32 Å². The summed E-state index contributed by atoms with van der Waals surface area (Å²) in [6, 6.07) is 23.5. The standard InChI is InChI=1S/C24H26N2/c1-3-4-8-18(2)17-26-24(25)23-12-7-11-21(16-23)22-14-13-19-9-5-6-10-20(19)15-22/h3-16,18,24,26H,1,17,25H2,2H3/b8-4-/t18-,24+/m1/s1. The van der Waals surface area contributed by atoms with Crippen LogP contribution in [-0.2, 0) is 0 Å². The van der Waals surface area contributed by atoms with E-state index >= 15 is 0 Å². The van der Waals surface area contributed by atoms with Crippen LogP contribution in [0.25, 0.3) is 21.9 Å². The number of hydrogen-bond acceptors (Lipinski definition) is 2. The molecule has 26 heavy (non-hydrogen) atoms. The predicted octanol–water partition coefficient (Wildman–Crippen LogP) is 5.43. The molecule has 0 aliphatic carbocycles. The molecule has 3 aromatic rings. The largest absolute Gasteiger partial charge is 0.312 e. The SMILES string of the molecule is C=C/C=C\[C@@H](C)CN[C@H](N)c1cccc(-c2ccc3ccccc3c2)c1. The van der Waals surface area contributed by atoms with Crippen molar-refractivity contribution < 1.29 is 0 Å². The van der Waals surface area contributed by atoms with Crippen molar-refractivity contribution in [3.63, 3.8) is 0 Å². The first-order valence-corrected chi connectivity index (χ1v) is 9.04. The fraction of sp³-hybridized carbons (Fsp3) is 0.167. The van der Waals surface area contributed by atoms with Crippen LogP contribution in [0.5, 0.6) is 0 Å². The molecule has 0 spiro atoms. The quantitative estimate of drug-likeness (QED) is 0.444. The third-order valence-corrected chi connectivity index (χ3v) is 4.56. The number of allylic oxidation sites excluding steroid dienone is 2. The highest BCUT2D eigenvalue weighted by molar-refractivity contribution is 5.87. The second-order valence-corrected chi connectivity index (χ2v) is 6.67. The maximum absolute atomic E-state index is 6.35. The van der Waals surface area contributed by atoms with Gasteiger partial charge in [0.15, 0.2) is 0 Å². The molecule has 0 aliphatic rings. The fourth-order valence-electron chi connectivity index (χ4n) is 3.05. The van der Waals surface area contributed by atoms with Gasteiger partial charge in [0.05, 0.1) is 6.17 Å². The summed E-state index contributed by atoms with van der Waals surface area (Å²) in [5, 5.41) is 5.92. The highest BCUT2D eigenvalue weighted by Gasteiger charge is 2.08. The lowest BCUT2D eigenvalue weighted by atomic mass is 9.99. The Labute approximate surface area is 156 Å². The molecular weight excluding hydrogens is 316 g/mol. The van der Waals surface area contributed by atoms with E-state index in [0.29, 0.717) is 5.92 Å². The van der Waals surface area contributed by atoms with Gasteiger partial charge < -0.3 is 5.73 Å². The van der Waals surface area contributed by atoms with Gasteiger partial charge in [-0.25, -0.2) is 0 Å². The molecular formula is C24H26N2. The average Bonchev–Trinajstić information content (AvgIpc) is 2.70. The molecule has 0 heterocycles. The monoisotopic (exact) mass is 342 g/mol. The zero-order valence-corrected chi connectivity index (χ0v) is 15.2. The van der Waals surface area contributed by atoms with Crippen LogP contribution in [0.3, 0.4) is 0 Å². The lowest BCUT2D eigenvalue weighted by Gasteiger charge is -2.17. The molecule has 0 fully saturated rings. The smallest absolute Gasteiger partial charge is 0.0810 e. The molecule has 0 saturated carbocycles. The van der Waals surface area contributed by atoms with Gasteiger partial charge in [-0.1, -0.05) is 86.3 Å². The Kier molecular flexibility index (Phi) is 6.00. The third kappa shape index (κ3) is 4.48. The second-order valence-electron chi connectivity index (χ2n) is 6.67. The first kappa shape index (κ1) is 18.1. The summed E-state index contributed by atoms with van der Waals surface area (Å²) < 4.78 is 0. The minimum atomic E-state index is -0.185. The van der Waals surface area contributed by atoms with Gasteiger partial charge in [0.25, 0.3) is 0 Å². The Morgan fingerprint density at radius 1 is 0.962 bits per heavy atom. The van der Waals surface area contributed by atoms with Crippen LogP contribution in [0.2, 0.25) is 0 Å². The Bertz CT molecular complexity index is 911. The van der Waals surface area contributed by atoms with Crippen molar-refractivity contribution in [1.82, 2.24) is 5.32 Å². The molecule has 0 saturated heterocycles. The minimum Gasteiger partial charge on any atom is -0.312 e. The molecule has 0 aromatic heterocycles. The highest BCUT2D eigenvalue weighted by Crippen LogP contribution is 2.26. The summed E-state index contributed by atoms with van der Waals surface area (Å²) in [6.07, 6.45) is 5.70. The maximum atomic E-state index is 6.35. The van der Waals surface area contributed by atoms with E-state index in [-0.39, 0.29) is 6.17 Å². The van der Waals surface area contributed by atoms with Crippen LogP contribution in [0.1, 0.15) is 18.7 Å². The van der Waals surface area contributed by atoms with Crippen LogP contribution in [0, 0.1) is 5.92 Å². The molecule has 132 valence electrons. The van der Waals surface area contributed by atoms with Crippen molar-refractivity contribution in [2.24, 2.45) is 11.7 Å². The Morgan fingerprint density at radius 3 is 2.54 bits per heavy atom. The van der Waals surface area contributed by atoms with Crippen LogP contribution >= 0.6 is 0 Å². The second kappa shape index (κ2) is 8.61. The van der Waals surface area contributed by atoms with Crippen LogP contribution in [0.4, 0.5) is 0 Å². The van der Waals surface area contributed by atoms with E-state index in [9.17, 15) is 0 Å². The summed E-state index contributed by atoms with van der Waals surface area (Å²) >= 11 is 0. The van der Waals surface area contributed by atoms with Crippen LogP contribution in [0.15, 0.2) is 91.5 Å². The minimum absolute atomic E-state index is 0.185. The van der Waals surface area contributed by atoms with E-state index in [4.69, 9.17) is 5.73 Å². The molecule has 0 bridgehead atoms. The lowest BCUT2D eigenvalue weighted by molar-refractivity contribution is 0.507. The van der Waals surface area contributed by atoms with Crippen molar-refractivity contribution >= 4 is 10.8 Å². The first-order chi connectivity index (χ1) is 12.7. The van der Waals surface area contributed by atoms with Gasteiger partial charge >= 0.3 is 0 Å². The van der Waals surface area contributed by atoms with E-state index in [1.54, 1.807) is 6.08 Å². The first-order valence-electron chi connectivity index (χ1n) is 9.04. The van der Waals surface area contributed by atoms with Crippen molar-refractivity contribution in [1.29, 1.82) is 0 Å². The van der Waals surface area contributed by atoms with Crippen molar-refractivity contribution in [2.45, 2.75) is 13.1 Å². The van der Waals surface area contributed by atoms with E-state index in [1.807, 2.05) is 6.08 Å². The van der Waals surface area contributed by atoms with Gasteiger partial charge in [-0.2, -0.15) is 0 Å². The number of hydrogen-bond donors (Lipinski definition) is 2. The molecule has 2 atom stereocenters. The Morgan fingerprint density at radius 2 is 1.73 bits per heavy atom. The number of nitrogens with two attached hydrogens (primary N) is 1. The highest BCUT2D eigenvalue weighted by atomic mass is 15.0. The average molecular weight is 342 g/mol. The van der Waals surface area contributed by atoms with Gasteiger partial charge in [0.1, 0.15) is 0 Å². The van der Waals surface area contributed by atoms with Gasteiger partial charge in [-0.05, 0) is 45.5 Å². The summed E-state index contributed by atoms with van der Waals surface area (Å²) in [5.74, 6) is 0.405. The van der Waals surface area contributed by atoms with E-state index < -0.39 is 0 Å². The molecule has 2 heteroatoms. The summed E-state index contributed by atoms with van der Waals surface area (Å²) in [4.78, 5) is 0. The van der Waals surface area contributed by atoms with Crippen molar-refractivity contribution in [3.8, 4) is 11.1 Å². The fourth-order valence-corrected chi connectivity index (χ4v) is 3.05. The lowest BCUT2D eigenvalue weighted by Crippen LogP contribution is -2.31. The number of fused-ring (bicyclic) bond motifs is 1. The van der Waals surface area contributed by atoms with Gasteiger partial charge in [-0.15, -0.1) is 0 Å². The summed E-state index contributed by atoms with van der Waals surface area (Å²) in [7, 11) is 0. The maximum Gasteiger partial charge on any atom is 0.0810 e. The topological polar surface area (TPSA) is 38.0 Å². The number of benzene rings is 3. The predicted molar refractivity (Wildman–Crippen MR) is 113 cm³/mol. The van der Waals surface area contributed by atoms with E-state index in [0.717, 1.165) is 12.1 Å². The molecule has 0 amide bonds. The zero-order valence-electron chi connectivity index (χ0n) is 15.2. The molecule has 3 aromatic carbocycles. The van der Waals surface area contributed by atoms with Crippen LogP contribution < -0.4 is 11.1 Å². The molecule has 0 radical (unpaired) electrons.